The summed E-state index contributed by atoms with van der Waals surface area (Å²) in [6, 6.07) is 2.61. The molecule has 0 aliphatic carbocycles. The maximum absolute atomic E-state index is 13.7. The molecule has 0 saturated heterocycles. The van der Waals surface area contributed by atoms with Crippen LogP contribution in [0.2, 0.25) is 0 Å². The molecular weight excluding hydrogens is 316 g/mol. The van der Waals surface area contributed by atoms with Crippen LogP contribution in [0.4, 0.5) is 8.78 Å². The highest BCUT2D eigenvalue weighted by atomic mass is 19.1. The SMILES string of the molecule is Cc1nc(C)c(CCC(=O)NC(C)c2ccc(F)cc2F)c(=O)[nH]1. The molecule has 0 spiro atoms. The molecule has 0 radical (unpaired) electrons. The summed E-state index contributed by atoms with van der Waals surface area (Å²) in [7, 11) is 0. The van der Waals surface area contributed by atoms with Crippen LogP contribution in [0.25, 0.3) is 0 Å². The second kappa shape index (κ2) is 7.33. The van der Waals surface area contributed by atoms with Gasteiger partial charge >= 0.3 is 0 Å². The van der Waals surface area contributed by atoms with E-state index >= 15 is 0 Å². The standard InChI is InChI=1S/C17H19F2N3O2/c1-9(13-5-4-12(18)8-15(13)19)21-16(23)7-6-14-10(2)20-11(3)22-17(14)24/h4-5,8-9H,6-7H2,1-3H3,(H,21,23)(H,20,22,24). The molecule has 1 atom stereocenters. The predicted molar refractivity (Wildman–Crippen MR) is 85.6 cm³/mol. The van der Waals surface area contributed by atoms with Gasteiger partial charge in [0.1, 0.15) is 17.5 Å². The Kier molecular flexibility index (Phi) is 5.43. The van der Waals surface area contributed by atoms with E-state index in [0.29, 0.717) is 17.1 Å². The van der Waals surface area contributed by atoms with E-state index in [1.807, 2.05) is 0 Å². The first kappa shape index (κ1) is 17.8. The van der Waals surface area contributed by atoms with Gasteiger partial charge in [-0.05, 0) is 33.3 Å². The van der Waals surface area contributed by atoms with Gasteiger partial charge in [-0.2, -0.15) is 0 Å². The van der Waals surface area contributed by atoms with Crippen molar-refractivity contribution >= 4 is 5.91 Å². The molecule has 1 amide bonds. The molecule has 0 fully saturated rings. The molecule has 0 bridgehead atoms. The number of nitrogens with one attached hydrogen (secondary N) is 2. The molecule has 2 N–H and O–H groups in total. The Balaban J connectivity index is 2.00. The second-order valence-corrected chi connectivity index (χ2v) is 5.67. The lowest BCUT2D eigenvalue weighted by molar-refractivity contribution is -0.121. The number of aromatic nitrogens is 2. The van der Waals surface area contributed by atoms with Gasteiger partial charge in [-0.15, -0.1) is 0 Å². The van der Waals surface area contributed by atoms with E-state index in [1.165, 1.54) is 6.07 Å². The normalized spacial score (nSPS) is 12.0. The molecule has 0 aliphatic rings. The summed E-state index contributed by atoms with van der Waals surface area (Å²) >= 11 is 0. The van der Waals surface area contributed by atoms with E-state index in [2.05, 4.69) is 15.3 Å². The van der Waals surface area contributed by atoms with Gasteiger partial charge < -0.3 is 10.3 Å². The maximum atomic E-state index is 13.7. The van der Waals surface area contributed by atoms with Crippen LogP contribution in [0, 0.1) is 25.5 Å². The van der Waals surface area contributed by atoms with Crippen molar-refractivity contribution in [3.63, 3.8) is 0 Å². The van der Waals surface area contributed by atoms with Crippen LogP contribution in [-0.2, 0) is 11.2 Å². The fourth-order valence-electron chi connectivity index (χ4n) is 2.53. The minimum absolute atomic E-state index is 0.0712. The highest BCUT2D eigenvalue weighted by molar-refractivity contribution is 5.76. The number of rotatable bonds is 5. The van der Waals surface area contributed by atoms with E-state index in [1.54, 1.807) is 20.8 Å². The molecule has 0 saturated carbocycles. The molecule has 128 valence electrons. The molecule has 2 rings (SSSR count). The van der Waals surface area contributed by atoms with Crippen molar-refractivity contribution in [1.29, 1.82) is 0 Å². The molecule has 1 unspecified atom stereocenters. The highest BCUT2D eigenvalue weighted by Crippen LogP contribution is 2.17. The van der Waals surface area contributed by atoms with Crippen LogP contribution >= 0.6 is 0 Å². The molecular formula is C17H19F2N3O2. The van der Waals surface area contributed by atoms with E-state index in [9.17, 15) is 18.4 Å². The number of carbonyl (C=O) groups is 1. The molecule has 1 heterocycles. The Morgan fingerprint density at radius 1 is 1.33 bits per heavy atom. The van der Waals surface area contributed by atoms with Crippen LogP contribution in [0.3, 0.4) is 0 Å². The number of carbonyl (C=O) groups excluding carboxylic acids is 1. The fourth-order valence-corrected chi connectivity index (χ4v) is 2.53. The van der Waals surface area contributed by atoms with Crippen LogP contribution in [0.1, 0.15) is 42.0 Å². The number of aryl methyl sites for hydroxylation is 2. The number of benzene rings is 1. The lowest BCUT2D eigenvalue weighted by Gasteiger charge is -2.15. The summed E-state index contributed by atoms with van der Waals surface area (Å²) in [6.07, 6.45) is 0.306. The highest BCUT2D eigenvalue weighted by Gasteiger charge is 2.15. The van der Waals surface area contributed by atoms with Gasteiger partial charge in [0, 0.05) is 29.3 Å². The molecule has 1 aromatic heterocycles. The molecule has 2 aromatic rings. The predicted octanol–water partition coefficient (Wildman–Crippen LogP) is 2.47. The number of hydrogen-bond donors (Lipinski definition) is 2. The first-order chi connectivity index (χ1) is 11.3. The third-order valence-electron chi connectivity index (χ3n) is 3.75. The van der Waals surface area contributed by atoms with Crippen molar-refractivity contribution in [1.82, 2.24) is 15.3 Å². The Labute approximate surface area is 138 Å². The minimum atomic E-state index is -0.710. The number of amides is 1. The van der Waals surface area contributed by atoms with Gasteiger partial charge in [0.2, 0.25) is 5.91 Å². The Morgan fingerprint density at radius 2 is 2.04 bits per heavy atom. The van der Waals surface area contributed by atoms with Gasteiger partial charge in [-0.25, -0.2) is 13.8 Å². The van der Waals surface area contributed by atoms with Crippen molar-refractivity contribution in [3.05, 3.63) is 62.8 Å². The summed E-state index contributed by atoms with van der Waals surface area (Å²) in [6.45, 7) is 5.01. The lowest BCUT2D eigenvalue weighted by atomic mass is 10.1. The smallest absolute Gasteiger partial charge is 0.254 e. The number of hydrogen-bond acceptors (Lipinski definition) is 3. The topological polar surface area (TPSA) is 74.8 Å². The largest absolute Gasteiger partial charge is 0.349 e. The lowest BCUT2D eigenvalue weighted by Crippen LogP contribution is -2.28. The van der Waals surface area contributed by atoms with Crippen LogP contribution in [0.15, 0.2) is 23.0 Å². The van der Waals surface area contributed by atoms with E-state index in [0.717, 1.165) is 12.1 Å². The number of halogens is 2. The summed E-state index contributed by atoms with van der Waals surface area (Å²) in [5.74, 6) is -1.19. The fraction of sp³-hybridized carbons (Fsp3) is 0.353. The van der Waals surface area contributed by atoms with Gasteiger partial charge in [-0.3, -0.25) is 9.59 Å². The molecule has 5 nitrogen and oxygen atoms in total. The van der Waals surface area contributed by atoms with Crippen molar-refractivity contribution < 1.29 is 13.6 Å². The van der Waals surface area contributed by atoms with Crippen LogP contribution in [-0.4, -0.2) is 15.9 Å². The Hall–Kier alpha value is -2.57. The number of nitrogens with zero attached hydrogens (tertiary/aromatic N) is 1. The molecule has 7 heteroatoms. The molecule has 0 aliphatic heterocycles. The first-order valence-corrected chi connectivity index (χ1v) is 7.58. The Morgan fingerprint density at radius 3 is 2.67 bits per heavy atom. The molecule has 1 aromatic carbocycles. The van der Waals surface area contributed by atoms with Crippen LogP contribution in [0.5, 0.6) is 0 Å². The van der Waals surface area contributed by atoms with Gasteiger partial charge in [0.25, 0.3) is 5.56 Å². The second-order valence-electron chi connectivity index (χ2n) is 5.67. The average Bonchev–Trinajstić information content (AvgIpc) is 2.45. The number of aromatic amines is 1. The first-order valence-electron chi connectivity index (χ1n) is 7.58. The zero-order valence-corrected chi connectivity index (χ0v) is 13.7. The zero-order chi connectivity index (χ0) is 17.9. The summed E-state index contributed by atoms with van der Waals surface area (Å²) < 4.78 is 26.6. The van der Waals surface area contributed by atoms with Crippen molar-refractivity contribution in [2.24, 2.45) is 0 Å². The van der Waals surface area contributed by atoms with Crippen molar-refractivity contribution in [2.45, 2.75) is 39.7 Å². The van der Waals surface area contributed by atoms with Gasteiger partial charge in [0.15, 0.2) is 0 Å². The maximum Gasteiger partial charge on any atom is 0.254 e. The zero-order valence-electron chi connectivity index (χ0n) is 13.7. The van der Waals surface area contributed by atoms with E-state index in [4.69, 9.17) is 0 Å². The third kappa shape index (κ3) is 4.24. The van der Waals surface area contributed by atoms with Crippen molar-refractivity contribution in [2.75, 3.05) is 0 Å². The van der Waals surface area contributed by atoms with E-state index < -0.39 is 17.7 Å². The van der Waals surface area contributed by atoms with Crippen LogP contribution < -0.4 is 10.9 Å². The van der Waals surface area contributed by atoms with Gasteiger partial charge in [0.05, 0.1) is 6.04 Å². The summed E-state index contributed by atoms with van der Waals surface area (Å²) in [5.41, 5.74) is 0.985. The minimum Gasteiger partial charge on any atom is -0.349 e. The third-order valence-corrected chi connectivity index (χ3v) is 3.75. The number of H-pyrrole nitrogens is 1. The molecule has 24 heavy (non-hydrogen) atoms. The monoisotopic (exact) mass is 335 g/mol. The summed E-state index contributed by atoms with van der Waals surface area (Å²) in [4.78, 5) is 30.7. The van der Waals surface area contributed by atoms with E-state index in [-0.39, 0.29) is 29.9 Å². The quantitative estimate of drug-likeness (QED) is 0.881. The van der Waals surface area contributed by atoms with Gasteiger partial charge in [-0.1, -0.05) is 6.07 Å². The summed E-state index contributed by atoms with van der Waals surface area (Å²) in [5, 5.41) is 2.64. The van der Waals surface area contributed by atoms with Crippen molar-refractivity contribution in [3.8, 4) is 0 Å². The average molecular weight is 335 g/mol. The Bertz CT molecular complexity index is 818.